The molecule has 5 heterocycles. The number of H-pyrrole nitrogens is 1. The molecule has 0 unspecified atom stereocenters. The zero-order valence-electron chi connectivity index (χ0n) is 16.3. The predicted octanol–water partition coefficient (Wildman–Crippen LogP) is 1.11. The van der Waals surface area contributed by atoms with E-state index in [4.69, 9.17) is 14.7 Å². The number of rotatable bonds is 2. The van der Waals surface area contributed by atoms with Gasteiger partial charge in [-0.15, -0.1) is 0 Å². The topological polar surface area (TPSA) is 104 Å². The van der Waals surface area contributed by atoms with Gasteiger partial charge in [0.05, 0.1) is 49.1 Å². The lowest BCUT2D eigenvalue weighted by atomic mass is 10.0. The molecule has 150 valence electrons. The van der Waals surface area contributed by atoms with Crippen LogP contribution in [0.25, 0.3) is 0 Å². The minimum Gasteiger partial charge on any atom is -0.377 e. The van der Waals surface area contributed by atoms with Crippen LogP contribution in [0.2, 0.25) is 0 Å². The Morgan fingerprint density at radius 2 is 2.11 bits per heavy atom. The Morgan fingerprint density at radius 1 is 1.29 bits per heavy atom. The zero-order chi connectivity index (χ0) is 19.7. The fourth-order valence-corrected chi connectivity index (χ4v) is 5.70. The van der Waals surface area contributed by atoms with Crippen LogP contribution in [0, 0.1) is 0 Å². The Labute approximate surface area is 164 Å². The summed E-state index contributed by atoms with van der Waals surface area (Å²) < 4.78 is 30.3. The summed E-state index contributed by atoms with van der Waals surface area (Å²) >= 11 is 0. The van der Waals surface area contributed by atoms with Crippen molar-refractivity contribution in [3.05, 3.63) is 28.7 Å². The Morgan fingerprint density at radius 3 is 2.86 bits per heavy atom. The van der Waals surface area contributed by atoms with Crippen molar-refractivity contribution in [1.29, 1.82) is 0 Å². The van der Waals surface area contributed by atoms with Crippen molar-refractivity contribution in [3.63, 3.8) is 0 Å². The molecule has 28 heavy (non-hydrogen) atoms. The molecular weight excluding hydrogens is 380 g/mol. The molecule has 1 saturated heterocycles. The molecule has 0 saturated carbocycles. The fraction of sp³-hybridized carbons (Fsp3) is 0.611. The SMILES string of the molecule is C[C@@H]1COCCN1c1nc(N2Cc3cn[nH]c3C2)nc2c1CS(=O)(=O)C2(C)C. The lowest BCUT2D eigenvalue weighted by Crippen LogP contribution is -2.45. The van der Waals surface area contributed by atoms with Gasteiger partial charge >= 0.3 is 0 Å². The maximum Gasteiger partial charge on any atom is 0.228 e. The van der Waals surface area contributed by atoms with E-state index in [1.807, 2.05) is 6.20 Å². The van der Waals surface area contributed by atoms with Gasteiger partial charge in [0.2, 0.25) is 5.95 Å². The lowest BCUT2D eigenvalue weighted by Gasteiger charge is -2.36. The van der Waals surface area contributed by atoms with E-state index in [-0.39, 0.29) is 11.8 Å². The van der Waals surface area contributed by atoms with Gasteiger partial charge in [-0.25, -0.2) is 13.4 Å². The highest BCUT2D eigenvalue weighted by Crippen LogP contribution is 2.45. The van der Waals surface area contributed by atoms with Crippen molar-refractivity contribution in [2.24, 2.45) is 0 Å². The molecular formula is C18H24N6O3S. The number of hydrogen-bond donors (Lipinski definition) is 1. The number of ether oxygens (including phenoxy) is 1. The Hall–Kier alpha value is -2.20. The third-order valence-electron chi connectivity index (χ3n) is 6.10. The summed E-state index contributed by atoms with van der Waals surface area (Å²) in [5, 5.41) is 7.09. The van der Waals surface area contributed by atoms with Crippen LogP contribution in [0.5, 0.6) is 0 Å². The number of aromatic nitrogens is 4. The smallest absolute Gasteiger partial charge is 0.228 e. The van der Waals surface area contributed by atoms with Crippen LogP contribution in [0.15, 0.2) is 6.20 Å². The van der Waals surface area contributed by atoms with Gasteiger partial charge in [0.1, 0.15) is 10.6 Å². The third-order valence-corrected chi connectivity index (χ3v) is 8.51. The second-order valence-electron chi connectivity index (χ2n) is 8.29. The molecule has 0 radical (unpaired) electrons. The first-order valence-corrected chi connectivity index (χ1v) is 11.2. The minimum absolute atomic E-state index is 0.0159. The summed E-state index contributed by atoms with van der Waals surface area (Å²) in [6, 6.07) is 0.127. The van der Waals surface area contributed by atoms with Crippen molar-refractivity contribution >= 4 is 21.6 Å². The number of hydrogen-bond acceptors (Lipinski definition) is 8. The van der Waals surface area contributed by atoms with Crippen molar-refractivity contribution in [3.8, 4) is 0 Å². The van der Waals surface area contributed by atoms with Gasteiger partial charge in [-0.05, 0) is 20.8 Å². The van der Waals surface area contributed by atoms with Crippen LogP contribution in [0.4, 0.5) is 11.8 Å². The summed E-state index contributed by atoms with van der Waals surface area (Å²) in [6.45, 7) is 8.76. The number of fused-ring (bicyclic) bond motifs is 2. The fourth-order valence-electron chi connectivity index (χ4n) is 4.23. The third kappa shape index (κ3) is 2.47. The van der Waals surface area contributed by atoms with Crippen LogP contribution in [0.3, 0.4) is 0 Å². The number of nitrogens with zero attached hydrogens (tertiary/aromatic N) is 5. The van der Waals surface area contributed by atoms with E-state index < -0.39 is 14.6 Å². The van der Waals surface area contributed by atoms with Crippen LogP contribution >= 0.6 is 0 Å². The zero-order valence-corrected chi connectivity index (χ0v) is 17.1. The predicted molar refractivity (Wildman–Crippen MR) is 104 cm³/mol. The Bertz CT molecular complexity index is 1030. The van der Waals surface area contributed by atoms with E-state index in [1.165, 1.54) is 0 Å². The van der Waals surface area contributed by atoms with Crippen LogP contribution in [-0.4, -0.2) is 54.4 Å². The maximum atomic E-state index is 12.9. The van der Waals surface area contributed by atoms with E-state index in [0.29, 0.717) is 44.5 Å². The first kappa shape index (κ1) is 17.9. The molecule has 10 heteroatoms. The van der Waals surface area contributed by atoms with E-state index in [0.717, 1.165) is 22.6 Å². The average molecular weight is 404 g/mol. The van der Waals surface area contributed by atoms with Gasteiger partial charge < -0.3 is 14.5 Å². The number of sulfone groups is 1. The van der Waals surface area contributed by atoms with Gasteiger partial charge in [0, 0.05) is 24.2 Å². The molecule has 1 fully saturated rings. The van der Waals surface area contributed by atoms with E-state index >= 15 is 0 Å². The number of aromatic amines is 1. The highest BCUT2D eigenvalue weighted by molar-refractivity contribution is 7.91. The van der Waals surface area contributed by atoms with E-state index in [9.17, 15) is 8.42 Å². The van der Waals surface area contributed by atoms with Gasteiger partial charge in [-0.1, -0.05) is 0 Å². The van der Waals surface area contributed by atoms with Crippen LogP contribution < -0.4 is 9.80 Å². The molecule has 2 aromatic rings. The molecule has 0 bridgehead atoms. The number of anilines is 2. The number of nitrogens with one attached hydrogen (secondary N) is 1. The van der Waals surface area contributed by atoms with Crippen molar-refractivity contribution in [2.45, 2.75) is 50.4 Å². The molecule has 5 rings (SSSR count). The molecule has 2 aromatic heterocycles. The molecule has 0 amide bonds. The molecule has 1 atom stereocenters. The highest BCUT2D eigenvalue weighted by Gasteiger charge is 2.48. The van der Waals surface area contributed by atoms with Crippen molar-refractivity contribution in [2.75, 3.05) is 29.6 Å². The van der Waals surface area contributed by atoms with Gasteiger partial charge in [-0.3, -0.25) is 5.10 Å². The molecule has 0 aliphatic carbocycles. The Kier molecular flexibility index (Phi) is 3.76. The van der Waals surface area contributed by atoms with E-state index in [1.54, 1.807) is 13.8 Å². The monoisotopic (exact) mass is 404 g/mol. The van der Waals surface area contributed by atoms with Gasteiger partial charge in [0.15, 0.2) is 9.84 Å². The molecule has 3 aliphatic rings. The molecule has 0 aromatic carbocycles. The highest BCUT2D eigenvalue weighted by atomic mass is 32.2. The Balaban J connectivity index is 1.64. The maximum absolute atomic E-state index is 12.9. The minimum atomic E-state index is -3.34. The van der Waals surface area contributed by atoms with Crippen LogP contribution in [-0.2, 0) is 38.2 Å². The van der Waals surface area contributed by atoms with E-state index in [2.05, 4.69) is 26.9 Å². The summed E-state index contributed by atoms with van der Waals surface area (Å²) in [7, 11) is -3.34. The quantitative estimate of drug-likeness (QED) is 0.794. The molecule has 3 aliphatic heterocycles. The molecule has 0 spiro atoms. The van der Waals surface area contributed by atoms with Crippen molar-refractivity contribution < 1.29 is 13.2 Å². The van der Waals surface area contributed by atoms with Gasteiger partial charge in [-0.2, -0.15) is 10.1 Å². The number of morpholine rings is 1. The summed E-state index contributed by atoms with van der Waals surface area (Å²) in [5.74, 6) is 1.29. The second kappa shape index (κ2) is 5.90. The average Bonchev–Trinajstić information content (AvgIpc) is 3.27. The summed E-state index contributed by atoms with van der Waals surface area (Å²) in [4.78, 5) is 13.9. The van der Waals surface area contributed by atoms with Crippen molar-refractivity contribution in [1.82, 2.24) is 20.2 Å². The first-order valence-electron chi connectivity index (χ1n) is 9.52. The van der Waals surface area contributed by atoms with Crippen LogP contribution in [0.1, 0.15) is 43.3 Å². The van der Waals surface area contributed by atoms with Gasteiger partial charge in [0.25, 0.3) is 0 Å². The summed E-state index contributed by atoms with van der Waals surface area (Å²) in [6.07, 6.45) is 1.82. The normalized spacial score (nSPS) is 25.0. The first-order chi connectivity index (χ1) is 13.3. The summed E-state index contributed by atoms with van der Waals surface area (Å²) in [5.41, 5.74) is 3.54. The largest absolute Gasteiger partial charge is 0.377 e. The lowest BCUT2D eigenvalue weighted by molar-refractivity contribution is 0.0984. The molecule has 1 N–H and O–H groups in total. The molecule has 9 nitrogen and oxygen atoms in total. The standard InChI is InChI=1S/C18H24N6O3S/c1-11-9-27-5-4-24(11)16-13-10-28(25,26)18(2,3)15(13)20-17(21-16)23-7-12-6-19-22-14(12)8-23/h6,11H,4-5,7-10H2,1-3H3,(H,19,22)/t11-/m1/s1. The second-order valence-corrected chi connectivity index (χ2v) is 10.8.